The van der Waals surface area contributed by atoms with Gasteiger partial charge >= 0.3 is 0 Å². The molecule has 6 nitrogen and oxygen atoms in total. The van der Waals surface area contributed by atoms with Crippen molar-refractivity contribution in [2.45, 2.75) is 26.8 Å². The molecule has 1 aliphatic rings. The first kappa shape index (κ1) is 22.1. The molecule has 170 valence electrons. The van der Waals surface area contributed by atoms with Crippen LogP contribution in [0.4, 0.5) is 10.1 Å². The van der Waals surface area contributed by atoms with Gasteiger partial charge in [0.1, 0.15) is 5.82 Å². The number of hydrogen-bond donors (Lipinski definition) is 3. The zero-order valence-electron chi connectivity index (χ0n) is 18.9. The van der Waals surface area contributed by atoms with Gasteiger partial charge in [0.25, 0.3) is 0 Å². The lowest BCUT2D eigenvalue weighted by Gasteiger charge is -2.29. The van der Waals surface area contributed by atoms with E-state index in [-0.39, 0.29) is 5.82 Å². The van der Waals surface area contributed by atoms with Gasteiger partial charge in [0.2, 0.25) is 0 Å². The van der Waals surface area contributed by atoms with Crippen LogP contribution in [0.1, 0.15) is 23.6 Å². The van der Waals surface area contributed by atoms with Crippen molar-refractivity contribution in [2.75, 3.05) is 44.3 Å². The molecule has 3 aromatic rings. The van der Waals surface area contributed by atoms with Crippen LogP contribution in [0.25, 0.3) is 10.9 Å². The Morgan fingerprint density at radius 3 is 2.78 bits per heavy atom. The Bertz CT molecular complexity index is 1070. The van der Waals surface area contributed by atoms with Crippen molar-refractivity contribution in [3.63, 3.8) is 0 Å². The zero-order chi connectivity index (χ0) is 22.3. The molecule has 1 fully saturated rings. The Balaban J connectivity index is 1.35. The van der Waals surface area contributed by atoms with Crippen molar-refractivity contribution < 1.29 is 9.13 Å². The highest BCUT2D eigenvalue weighted by atomic mass is 19.1. The smallest absolute Gasteiger partial charge is 0.191 e. The lowest BCUT2D eigenvalue weighted by atomic mass is 10.1. The number of morpholine rings is 1. The molecule has 2 heterocycles. The fourth-order valence-corrected chi connectivity index (χ4v) is 4.04. The average Bonchev–Trinajstić information content (AvgIpc) is 3.20. The van der Waals surface area contributed by atoms with Gasteiger partial charge in [-0.3, -0.25) is 0 Å². The molecule has 4 rings (SSSR count). The maximum atomic E-state index is 14.7. The molecule has 2 aromatic carbocycles. The van der Waals surface area contributed by atoms with Gasteiger partial charge in [-0.15, -0.1) is 0 Å². The molecular weight excluding hydrogens is 405 g/mol. The number of nitrogens with zero attached hydrogens (tertiary/aromatic N) is 2. The lowest BCUT2D eigenvalue weighted by Crippen LogP contribution is -2.38. The number of rotatable bonds is 7. The van der Waals surface area contributed by atoms with E-state index in [1.54, 1.807) is 6.07 Å². The molecular formula is C25H32FN5O. The number of benzene rings is 2. The van der Waals surface area contributed by atoms with Crippen molar-refractivity contribution in [3.05, 3.63) is 65.1 Å². The van der Waals surface area contributed by atoms with Gasteiger partial charge in [-0.2, -0.15) is 0 Å². The highest BCUT2D eigenvalue weighted by Gasteiger charge is 2.15. The van der Waals surface area contributed by atoms with Crippen LogP contribution in [0.15, 0.2) is 47.6 Å². The van der Waals surface area contributed by atoms with Gasteiger partial charge in [-0.05, 0) is 55.2 Å². The van der Waals surface area contributed by atoms with E-state index in [4.69, 9.17) is 4.74 Å². The Hall–Kier alpha value is -3.06. The second-order valence-corrected chi connectivity index (χ2v) is 8.12. The van der Waals surface area contributed by atoms with Crippen LogP contribution < -0.4 is 15.5 Å². The van der Waals surface area contributed by atoms with Gasteiger partial charge in [0.05, 0.1) is 25.4 Å². The molecule has 0 spiro atoms. The van der Waals surface area contributed by atoms with E-state index >= 15 is 0 Å². The minimum Gasteiger partial charge on any atom is -0.378 e. The number of nitrogens with one attached hydrogen (secondary N) is 3. The highest BCUT2D eigenvalue weighted by Crippen LogP contribution is 2.22. The quantitative estimate of drug-likeness (QED) is 0.389. The number of aromatic nitrogens is 1. The average molecular weight is 438 g/mol. The van der Waals surface area contributed by atoms with Crippen LogP contribution in [-0.2, 0) is 17.7 Å². The van der Waals surface area contributed by atoms with E-state index in [1.165, 1.54) is 22.0 Å². The van der Waals surface area contributed by atoms with Gasteiger partial charge in [0, 0.05) is 43.3 Å². The van der Waals surface area contributed by atoms with E-state index in [9.17, 15) is 4.39 Å². The van der Waals surface area contributed by atoms with Crippen LogP contribution in [0.2, 0.25) is 0 Å². The predicted octanol–water partition coefficient (Wildman–Crippen LogP) is 3.75. The number of hydrogen-bond acceptors (Lipinski definition) is 3. The van der Waals surface area contributed by atoms with Crippen LogP contribution in [0.5, 0.6) is 0 Å². The normalized spacial score (nSPS) is 14.7. The molecule has 0 saturated carbocycles. The Labute approximate surface area is 188 Å². The number of H-pyrrole nitrogens is 1. The topological polar surface area (TPSA) is 64.7 Å². The summed E-state index contributed by atoms with van der Waals surface area (Å²) in [6, 6.07) is 11.9. The highest BCUT2D eigenvalue weighted by molar-refractivity contribution is 5.84. The summed E-state index contributed by atoms with van der Waals surface area (Å²) in [5.74, 6) is 0.535. The number of halogens is 1. The molecule has 0 amide bonds. The van der Waals surface area contributed by atoms with Crippen LogP contribution in [0, 0.1) is 12.7 Å². The van der Waals surface area contributed by atoms with Gasteiger partial charge < -0.3 is 25.3 Å². The summed E-state index contributed by atoms with van der Waals surface area (Å²) in [5.41, 5.74) is 5.19. The lowest BCUT2D eigenvalue weighted by molar-refractivity contribution is 0.122. The number of guanidine groups is 1. The Morgan fingerprint density at radius 1 is 1.16 bits per heavy atom. The van der Waals surface area contributed by atoms with E-state index in [1.807, 2.05) is 24.0 Å². The SMILES string of the molecule is CCNC(=NCc1ccc(N2CCOCC2)c(F)c1)NCCc1c[nH]c2cc(C)ccc12. The molecule has 1 saturated heterocycles. The molecule has 0 bridgehead atoms. The van der Waals surface area contributed by atoms with E-state index < -0.39 is 0 Å². The van der Waals surface area contributed by atoms with Crippen molar-refractivity contribution in [1.82, 2.24) is 15.6 Å². The third-order valence-corrected chi connectivity index (χ3v) is 5.74. The summed E-state index contributed by atoms with van der Waals surface area (Å²) >= 11 is 0. The summed E-state index contributed by atoms with van der Waals surface area (Å²) in [6.45, 7) is 8.81. The number of aliphatic imine (C=N–C) groups is 1. The van der Waals surface area contributed by atoms with Crippen molar-refractivity contribution in [1.29, 1.82) is 0 Å². The fourth-order valence-electron chi connectivity index (χ4n) is 4.04. The van der Waals surface area contributed by atoms with Crippen molar-refractivity contribution in [2.24, 2.45) is 4.99 Å². The van der Waals surface area contributed by atoms with Crippen LogP contribution >= 0.6 is 0 Å². The summed E-state index contributed by atoms with van der Waals surface area (Å²) in [6.07, 6.45) is 2.96. The van der Waals surface area contributed by atoms with Crippen LogP contribution in [0.3, 0.4) is 0 Å². The molecule has 0 radical (unpaired) electrons. The Morgan fingerprint density at radius 2 is 2.00 bits per heavy atom. The molecule has 0 atom stereocenters. The minimum atomic E-state index is -0.202. The first-order chi connectivity index (χ1) is 15.6. The minimum absolute atomic E-state index is 0.202. The number of ether oxygens (including phenoxy) is 1. The third-order valence-electron chi connectivity index (χ3n) is 5.74. The molecule has 1 aliphatic heterocycles. The largest absolute Gasteiger partial charge is 0.378 e. The molecule has 0 unspecified atom stereocenters. The number of fused-ring (bicyclic) bond motifs is 1. The number of aromatic amines is 1. The second-order valence-electron chi connectivity index (χ2n) is 8.12. The van der Waals surface area contributed by atoms with E-state index in [0.717, 1.165) is 44.1 Å². The fraction of sp³-hybridized carbons (Fsp3) is 0.400. The van der Waals surface area contributed by atoms with E-state index in [0.29, 0.717) is 25.4 Å². The molecule has 3 N–H and O–H groups in total. The summed E-state index contributed by atoms with van der Waals surface area (Å²) in [7, 11) is 0. The van der Waals surface area contributed by atoms with E-state index in [2.05, 4.69) is 51.9 Å². The maximum Gasteiger partial charge on any atom is 0.191 e. The molecule has 0 aliphatic carbocycles. The van der Waals surface area contributed by atoms with Crippen molar-refractivity contribution >= 4 is 22.5 Å². The monoisotopic (exact) mass is 437 g/mol. The van der Waals surface area contributed by atoms with Gasteiger partial charge in [-0.25, -0.2) is 9.38 Å². The predicted molar refractivity (Wildman–Crippen MR) is 129 cm³/mol. The zero-order valence-corrected chi connectivity index (χ0v) is 18.9. The first-order valence-corrected chi connectivity index (χ1v) is 11.3. The number of anilines is 1. The number of aryl methyl sites for hydroxylation is 1. The summed E-state index contributed by atoms with van der Waals surface area (Å²) in [5, 5.41) is 7.92. The summed E-state index contributed by atoms with van der Waals surface area (Å²) < 4.78 is 20.0. The van der Waals surface area contributed by atoms with Crippen molar-refractivity contribution in [3.8, 4) is 0 Å². The molecule has 1 aromatic heterocycles. The van der Waals surface area contributed by atoms with Gasteiger partial charge in [-0.1, -0.05) is 18.2 Å². The summed E-state index contributed by atoms with van der Waals surface area (Å²) in [4.78, 5) is 10.0. The third kappa shape index (κ3) is 5.40. The first-order valence-electron chi connectivity index (χ1n) is 11.3. The maximum absolute atomic E-state index is 14.7. The van der Waals surface area contributed by atoms with Crippen LogP contribution in [-0.4, -0.2) is 50.3 Å². The molecule has 32 heavy (non-hydrogen) atoms. The Kier molecular flexibility index (Phi) is 7.27. The molecule has 7 heteroatoms. The second kappa shape index (κ2) is 10.5. The standard InChI is InChI=1S/C25H32FN5O/c1-3-27-25(28-9-8-20-17-29-23-14-18(2)4-6-21(20)23)30-16-19-5-7-24(22(26)15-19)31-10-12-32-13-11-31/h4-7,14-15,17,29H,3,8-13,16H2,1-2H3,(H2,27,28,30). The van der Waals surface area contributed by atoms with Gasteiger partial charge in [0.15, 0.2) is 5.96 Å².